The second-order valence-corrected chi connectivity index (χ2v) is 7.42. The largest absolute Gasteiger partial charge is 0.462 e. The number of fused-ring (bicyclic) bond motifs is 1. The average molecular weight is 336 g/mol. The van der Waals surface area contributed by atoms with E-state index in [4.69, 9.17) is 14.2 Å². The third kappa shape index (κ3) is 2.62. The molecule has 2 bridgehead atoms. The van der Waals surface area contributed by atoms with E-state index in [1.54, 1.807) is 6.92 Å². The highest BCUT2D eigenvalue weighted by Gasteiger charge is 2.68. The van der Waals surface area contributed by atoms with Crippen LogP contribution in [0.5, 0.6) is 0 Å². The molecule has 6 heteroatoms. The Hall–Kier alpha value is -1.85. The van der Waals surface area contributed by atoms with Crippen LogP contribution in [0.4, 0.5) is 0 Å². The molecule has 2 saturated carbocycles. The zero-order valence-electron chi connectivity index (χ0n) is 14.3. The highest BCUT2D eigenvalue weighted by molar-refractivity contribution is 5.87. The minimum absolute atomic E-state index is 0.0103. The topological polar surface area (TPSA) is 78.9 Å². The molecule has 0 aromatic heterocycles. The SMILES string of the molecule is C=C(C)C(=O)OCCOC(=O)C1C2CC3C(OC(=O)C31)C2C(C)C. The maximum Gasteiger partial charge on any atom is 0.333 e. The molecular weight excluding hydrogens is 312 g/mol. The predicted molar refractivity (Wildman–Crippen MR) is 83.5 cm³/mol. The van der Waals surface area contributed by atoms with Gasteiger partial charge in [0.25, 0.3) is 0 Å². The first-order valence-corrected chi connectivity index (χ1v) is 8.52. The lowest BCUT2D eigenvalue weighted by Gasteiger charge is -2.33. The van der Waals surface area contributed by atoms with E-state index >= 15 is 0 Å². The Morgan fingerprint density at radius 2 is 1.92 bits per heavy atom. The number of carbonyl (C=O) groups excluding carboxylic acids is 3. The van der Waals surface area contributed by atoms with Crippen molar-refractivity contribution in [2.75, 3.05) is 13.2 Å². The first kappa shape index (κ1) is 17.0. The summed E-state index contributed by atoms with van der Waals surface area (Å²) < 4.78 is 15.7. The van der Waals surface area contributed by atoms with Crippen molar-refractivity contribution in [3.05, 3.63) is 12.2 Å². The van der Waals surface area contributed by atoms with E-state index in [0.29, 0.717) is 11.5 Å². The van der Waals surface area contributed by atoms with Crippen LogP contribution in [0.15, 0.2) is 12.2 Å². The molecule has 0 N–H and O–H groups in total. The lowest BCUT2D eigenvalue weighted by atomic mass is 9.70. The predicted octanol–water partition coefficient (Wildman–Crippen LogP) is 1.73. The van der Waals surface area contributed by atoms with Crippen molar-refractivity contribution in [3.8, 4) is 0 Å². The fourth-order valence-electron chi connectivity index (χ4n) is 4.80. The molecule has 1 saturated heterocycles. The van der Waals surface area contributed by atoms with Crippen LogP contribution >= 0.6 is 0 Å². The molecule has 1 aliphatic heterocycles. The summed E-state index contributed by atoms with van der Waals surface area (Å²) in [5.41, 5.74) is 0.300. The van der Waals surface area contributed by atoms with Crippen molar-refractivity contribution in [1.82, 2.24) is 0 Å². The van der Waals surface area contributed by atoms with E-state index in [-0.39, 0.29) is 54.9 Å². The summed E-state index contributed by atoms with van der Waals surface area (Å²) in [6.45, 7) is 9.22. The van der Waals surface area contributed by atoms with E-state index in [1.165, 1.54) is 0 Å². The van der Waals surface area contributed by atoms with Crippen molar-refractivity contribution in [1.29, 1.82) is 0 Å². The first-order chi connectivity index (χ1) is 11.3. The van der Waals surface area contributed by atoms with Crippen molar-refractivity contribution in [2.24, 2.45) is 35.5 Å². The monoisotopic (exact) mass is 336 g/mol. The summed E-state index contributed by atoms with van der Waals surface area (Å²) in [5.74, 6) is -1.07. The van der Waals surface area contributed by atoms with Gasteiger partial charge < -0.3 is 14.2 Å². The second kappa shape index (κ2) is 6.22. The van der Waals surface area contributed by atoms with Gasteiger partial charge in [0, 0.05) is 17.4 Å². The fourth-order valence-corrected chi connectivity index (χ4v) is 4.80. The summed E-state index contributed by atoms with van der Waals surface area (Å²) in [6.07, 6.45) is 0.821. The average Bonchev–Trinajstić information content (AvgIpc) is 3.11. The van der Waals surface area contributed by atoms with Gasteiger partial charge in [-0.2, -0.15) is 0 Å². The van der Waals surface area contributed by atoms with Gasteiger partial charge in [-0.05, 0) is 25.2 Å². The van der Waals surface area contributed by atoms with Crippen LogP contribution in [0.25, 0.3) is 0 Å². The van der Waals surface area contributed by atoms with Crippen molar-refractivity contribution in [3.63, 3.8) is 0 Å². The van der Waals surface area contributed by atoms with Crippen molar-refractivity contribution >= 4 is 17.9 Å². The van der Waals surface area contributed by atoms with Gasteiger partial charge in [0.1, 0.15) is 19.3 Å². The molecule has 24 heavy (non-hydrogen) atoms. The van der Waals surface area contributed by atoms with Gasteiger partial charge in [0.15, 0.2) is 0 Å². The van der Waals surface area contributed by atoms with Gasteiger partial charge in [-0.1, -0.05) is 20.4 Å². The minimum Gasteiger partial charge on any atom is -0.462 e. The van der Waals surface area contributed by atoms with Gasteiger partial charge in [-0.15, -0.1) is 0 Å². The summed E-state index contributed by atoms with van der Waals surface area (Å²) in [7, 11) is 0. The molecule has 6 nitrogen and oxygen atoms in total. The summed E-state index contributed by atoms with van der Waals surface area (Å²) in [4.78, 5) is 36.0. The van der Waals surface area contributed by atoms with Gasteiger partial charge in [0.2, 0.25) is 0 Å². The zero-order valence-corrected chi connectivity index (χ0v) is 14.3. The minimum atomic E-state index is -0.506. The van der Waals surface area contributed by atoms with Crippen molar-refractivity contribution < 1.29 is 28.6 Å². The molecule has 0 amide bonds. The Bertz CT molecular complexity index is 580. The molecule has 0 aromatic carbocycles. The van der Waals surface area contributed by atoms with Crippen LogP contribution in [-0.2, 0) is 28.6 Å². The smallest absolute Gasteiger partial charge is 0.333 e. The number of carbonyl (C=O) groups is 3. The Kier molecular flexibility index (Phi) is 4.40. The van der Waals surface area contributed by atoms with Gasteiger partial charge in [-0.25, -0.2) is 4.79 Å². The molecule has 0 spiro atoms. The quantitative estimate of drug-likeness (QED) is 0.318. The van der Waals surface area contributed by atoms with Crippen LogP contribution in [-0.4, -0.2) is 37.2 Å². The number of esters is 3. The van der Waals surface area contributed by atoms with Gasteiger partial charge >= 0.3 is 17.9 Å². The second-order valence-electron chi connectivity index (χ2n) is 7.42. The molecule has 3 fully saturated rings. The molecule has 1 heterocycles. The summed E-state index contributed by atoms with van der Waals surface area (Å²) in [6, 6.07) is 0. The molecular formula is C18H24O6. The van der Waals surface area contributed by atoms with Gasteiger partial charge in [-0.3, -0.25) is 9.59 Å². The Morgan fingerprint density at radius 3 is 2.54 bits per heavy atom. The van der Waals surface area contributed by atoms with E-state index in [2.05, 4.69) is 20.4 Å². The molecule has 6 unspecified atom stereocenters. The fraction of sp³-hybridized carbons (Fsp3) is 0.722. The van der Waals surface area contributed by atoms with E-state index in [1.807, 2.05) is 0 Å². The highest BCUT2D eigenvalue weighted by atomic mass is 16.6. The normalized spacial score (nSPS) is 35.9. The van der Waals surface area contributed by atoms with E-state index < -0.39 is 11.9 Å². The summed E-state index contributed by atoms with van der Waals surface area (Å²) in [5, 5.41) is 0. The molecule has 3 rings (SSSR count). The van der Waals surface area contributed by atoms with Crippen molar-refractivity contribution in [2.45, 2.75) is 33.3 Å². The maximum absolute atomic E-state index is 12.5. The molecule has 2 aliphatic carbocycles. The lowest BCUT2D eigenvalue weighted by Crippen LogP contribution is -2.40. The molecule has 0 radical (unpaired) electrons. The number of hydrogen-bond donors (Lipinski definition) is 0. The molecule has 0 aromatic rings. The Balaban J connectivity index is 1.60. The lowest BCUT2D eigenvalue weighted by molar-refractivity contribution is -0.159. The highest BCUT2D eigenvalue weighted by Crippen LogP contribution is 2.62. The zero-order chi connectivity index (χ0) is 17.6. The van der Waals surface area contributed by atoms with Crippen LogP contribution in [0.2, 0.25) is 0 Å². The molecule has 132 valence electrons. The third-order valence-electron chi connectivity index (χ3n) is 5.63. The van der Waals surface area contributed by atoms with Crippen LogP contribution < -0.4 is 0 Å². The Morgan fingerprint density at radius 1 is 1.25 bits per heavy atom. The number of ether oxygens (including phenoxy) is 3. The maximum atomic E-state index is 12.5. The van der Waals surface area contributed by atoms with Crippen LogP contribution in [0.3, 0.4) is 0 Å². The van der Waals surface area contributed by atoms with Crippen LogP contribution in [0, 0.1) is 35.5 Å². The standard InChI is InChI=1S/C18H24O6/c1-8(2)12-10-7-11-14(18(21)24-15(11)12)13(10)17(20)23-6-5-22-16(19)9(3)4/h8,10-15H,3,5-7H2,1-2,4H3. The first-order valence-electron chi connectivity index (χ1n) is 8.52. The number of hydrogen-bond acceptors (Lipinski definition) is 6. The molecule has 3 aliphatic rings. The van der Waals surface area contributed by atoms with Gasteiger partial charge in [0.05, 0.1) is 11.8 Å². The van der Waals surface area contributed by atoms with E-state index in [9.17, 15) is 14.4 Å². The summed E-state index contributed by atoms with van der Waals surface area (Å²) >= 11 is 0. The Labute approximate surface area is 141 Å². The molecule has 6 atom stereocenters. The third-order valence-corrected chi connectivity index (χ3v) is 5.63. The van der Waals surface area contributed by atoms with Crippen LogP contribution in [0.1, 0.15) is 27.2 Å². The van der Waals surface area contributed by atoms with E-state index in [0.717, 1.165) is 6.42 Å². The number of rotatable bonds is 6.